The van der Waals surface area contributed by atoms with E-state index in [0.29, 0.717) is 6.04 Å². The Kier molecular flexibility index (Phi) is 6.30. The highest BCUT2D eigenvalue weighted by atomic mass is 32.1. The van der Waals surface area contributed by atoms with E-state index in [9.17, 15) is 0 Å². The zero-order chi connectivity index (χ0) is 14.4. The number of thiazole rings is 1. The lowest BCUT2D eigenvalue weighted by atomic mass is 10.1. The Morgan fingerprint density at radius 1 is 1.15 bits per heavy atom. The van der Waals surface area contributed by atoms with Crippen molar-refractivity contribution >= 4 is 16.5 Å². The molecule has 1 saturated heterocycles. The van der Waals surface area contributed by atoms with Gasteiger partial charge < -0.3 is 10.2 Å². The van der Waals surface area contributed by atoms with Gasteiger partial charge in [-0.1, -0.05) is 40.0 Å². The van der Waals surface area contributed by atoms with Crippen molar-refractivity contribution in [2.75, 3.05) is 18.0 Å². The Hall–Kier alpha value is -0.610. The average molecular weight is 295 g/mol. The second kappa shape index (κ2) is 7.99. The molecule has 0 atom stereocenters. The highest BCUT2D eigenvalue weighted by Gasteiger charge is 2.16. The number of aromatic nitrogens is 1. The standard InChI is InChI=1S/C16H29N3S/c1-4-14-15(12-17-13(2)3)20-16(18-14)19-10-8-6-5-7-9-11-19/h13,17H,4-12H2,1-3H3. The second-order valence-corrected chi connectivity index (χ2v) is 7.07. The first-order valence-corrected chi connectivity index (χ1v) is 8.99. The first kappa shape index (κ1) is 15.8. The molecule has 0 aliphatic carbocycles. The third kappa shape index (κ3) is 4.45. The van der Waals surface area contributed by atoms with E-state index in [2.05, 4.69) is 31.0 Å². The monoisotopic (exact) mass is 295 g/mol. The Balaban J connectivity index is 2.06. The van der Waals surface area contributed by atoms with Crippen LogP contribution in [0.4, 0.5) is 5.13 Å². The summed E-state index contributed by atoms with van der Waals surface area (Å²) in [4.78, 5) is 8.85. The summed E-state index contributed by atoms with van der Waals surface area (Å²) in [6.45, 7) is 9.96. The Labute approximate surface area is 127 Å². The van der Waals surface area contributed by atoms with E-state index < -0.39 is 0 Å². The molecule has 0 bridgehead atoms. The van der Waals surface area contributed by atoms with Crippen molar-refractivity contribution in [2.45, 2.75) is 71.9 Å². The van der Waals surface area contributed by atoms with Crippen LogP contribution in [0.1, 0.15) is 63.4 Å². The fraction of sp³-hybridized carbons (Fsp3) is 0.812. The van der Waals surface area contributed by atoms with Crippen LogP contribution in [0.15, 0.2) is 0 Å². The summed E-state index contributed by atoms with van der Waals surface area (Å²) in [6, 6.07) is 0.534. The van der Waals surface area contributed by atoms with Crippen LogP contribution in [0.3, 0.4) is 0 Å². The van der Waals surface area contributed by atoms with Crippen molar-refractivity contribution in [3.05, 3.63) is 10.6 Å². The van der Waals surface area contributed by atoms with E-state index in [0.717, 1.165) is 13.0 Å². The molecule has 1 aromatic rings. The number of hydrogen-bond acceptors (Lipinski definition) is 4. The predicted octanol–water partition coefficient (Wildman–Crippen LogP) is 3.97. The molecular weight excluding hydrogens is 266 g/mol. The maximum atomic E-state index is 4.91. The van der Waals surface area contributed by atoms with E-state index in [-0.39, 0.29) is 0 Å². The van der Waals surface area contributed by atoms with Gasteiger partial charge in [0.2, 0.25) is 0 Å². The molecule has 3 nitrogen and oxygen atoms in total. The van der Waals surface area contributed by atoms with E-state index in [4.69, 9.17) is 4.98 Å². The van der Waals surface area contributed by atoms with Gasteiger partial charge >= 0.3 is 0 Å². The van der Waals surface area contributed by atoms with Crippen molar-refractivity contribution in [1.82, 2.24) is 10.3 Å². The van der Waals surface area contributed by atoms with Gasteiger partial charge in [-0.05, 0) is 19.3 Å². The van der Waals surface area contributed by atoms with Crippen molar-refractivity contribution in [2.24, 2.45) is 0 Å². The molecule has 0 unspecified atom stereocenters. The molecule has 1 N–H and O–H groups in total. The minimum absolute atomic E-state index is 0.534. The molecular formula is C16H29N3S. The third-order valence-electron chi connectivity index (χ3n) is 3.90. The fourth-order valence-corrected chi connectivity index (χ4v) is 3.81. The number of nitrogens with zero attached hydrogens (tertiary/aromatic N) is 2. The topological polar surface area (TPSA) is 28.2 Å². The van der Waals surface area contributed by atoms with Crippen molar-refractivity contribution < 1.29 is 0 Å². The lowest BCUT2D eigenvalue weighted by Crippen LogP contribution is -2.26. The Morgan fingerprint density at radius 2 is 1.80 bits per heavy atom. The van der Waals surface area contributed by atoms with Gasteiger partial charge in [-0.25, -0.2) is 4.98 Å². The molecule has 2 rings (SSSR count). The molecule has 114 valence electrons. The summed E-state index contributed by atoms with van der Waals surface area (Å²) < 4.78 is 0. The quantitative estimate of drug-likeness (QED) is 0.891. The maximum absolute atomic E-state index is 4.91. The average Bonchev–Trinajstić information content (AvgIpc) is 2.79. The van der Waals surface area contributed by atoms with E-state index in [1.165, 1.54) is 60.9 Å². The van der Waals surface area contributed by atoms with Crippen molar-refractivity contribution in [3.8, 4) is 0 Å². The zero-order valence-electron chi connectivity index (χ0n) is 13.2. The molecule has 0 spiro atoms. The molecule has 0 radical (unpaired) electrons. The van der Waals surface area contributed by atoms with Crippen LogP contribution in [-0.4, -0.2) is 24.1 Å². The number of rotatable bonds is 5. The van der Waals surface area contributed by atoms with Crippen LogP contribution >= 0.6 is 11.3 Å². The third-order valence-corrected chi connectivity index (χ3v) is 5.06. The fourth-order valence-electron chi connectivity index (χ4n) is 2.65. The summed E-state index contributed by atoms with van der Waals surface area (Å²) in [6.07, 6.45) is 7.85. The zero-order valence-corrected chi connectivity index (χ0v) is 14.1. The van der Waals surface area contributed by atoms with Crippen LogP contribution in [0.25, 0.3) is 0 Å². The molecule has 1 aliphatic heterocycles. The lowest BCUT2D eigenvalue weighted by molar-refractivity contribution is 0.555. The summed E-state index contributed by atoms with van der Waals surface area (Å²) >= 11 is 1.90. The number of hydrogen-bond donors (Lipinski definition) is 1. The SMILES string of the molecule is CCc1nc(N2CCCCCCC2)sc1CNC(C)C. The van der Waals surface area contributed by atoms with E-state index in [1.807, 2.05) is 11.3 Å². The van der Waals surface area contributed by atoms with Gasteiger partial charge in [-0.2, -0.15) is 0 Å². The smallest absolute Gasteiger partial charge is 0.185 e. The number of aryl methyl sites for hydroxylation is 1. The highest BCUT2D eigenvalue weighted by molar-refractivity contribution is 7.15. The molecule has 1 aromatic heterocycles. The summed E-state index contributed by atoms with van der Waals surface area (Å²) in [7, 11) is 0. The highest BCUT2D eigenvalue weighted by Crippen LogP contribution is 2.28. The van der Waals surface area contributed by atoms with Gasteiger partial charge in [0.05, 0.1) is 5.69 Å². The minimum atomic E-state index is 0.534. The normalized spacial score (nSPS) is 17.3. The van der Waals surface area contributed by atoms with Crippen molar-refractivity contribution in [1.29, 1.82) is 0 Å². The van der Waals surface area contributed by atoms with Gasteiger partial charge in [0.25, 0.3) is 0 Å². The second-order valence-electron chi connectivity index (χ2n) is 6.01. The minimum Gasteiger partial charge on any atom is -0.348 e. The van der Waals surface area contributed by atoms with Crippen molar-refractivity contribution in [3.63, 3.8) is 0 Å². The maximum Gasteiger partial charge on any atom is 0.185 e. The number of anilines is 1. The first-order chi connectivity index (χ1) is 9.70. The molecule has 0 saturated carbocycles. The molecule has 0 amide bonds. The van der Waals surface area contributed by atoms with Crippen LogP contribution in [0, 0.1) is 0 Å². The van der Waals surface area contributed by atoms with E-state index >= 15 is 0 Å². The summed E-state index contributed by atoms with van der Waals surface area (Å²) in [5.74, 6) is 0. The van der Waals surface area contributed by atoms with E-state index in [1.54, 1.807) is 0 Å². The number of nitrogens with one attached hydrogen (secondary N) is 1. The van der Waals surface area contributed by atoms with Crippen LogP contribution in [0.2, 0.25) is 0 Å². The Bertz CT molecular complexity index is 392. The molecule has 4 heteroatoms. The van der Waals surface area contributed by atoms with Gasteiger partial charge in [0.1, 0.15) is 0 Å². The molecule has 20 heavy (non-hydrogen) atoms. The van der Waals surface area contributed by atoms with Gasteiger partial charge in [0.15, 0.2) is 5.13 Å². The summed E-state index contributed by atoms with van der Waals surface area (Å²) in [5, 5.41) is 4.78. The molecule has 2 heterocycles. The first-order valence-electron chi connectivity index (χ1n) is 8.17. The van der Waals surface area contributed by atoms with Crippen LogP contribution in [-0.2, 0) is 13.0 Å². The predicted molar refractivity (Wildman–Crippen MR) is 88.8 cm³/mol. The van der Waals surface area contributed by atoms with Crippen LogP contribution in [0.5, 0.6) is 0 Å². The van der Waals surface area contributed by atoms with Gasteiger partial charge in [0, 0.05) is 30.6 Å². The van der Waals surface area contributed by atoms with Gasteiger partial charge in [-0.3, -0.25) is 0 Å². The van der Waals surface area contributed by atoms with Gasteiger partial charge in [-0.15, -0.1) is 11.3 Å². The molecule has 1 aliphatic rings. The summed E-state index contributed by atoms with van der Waals surface area (Å²) in [5.41, 5.74) is 1.29. The molecule has 0 aromatic carbocycles. The van der Waals surface area contributed by atoms with Crippen LogP contribution < -0.4 is 10.2 Å². The Morgan fingerprint density at radius 3 is 2.40 bits per heavy atom. The lowest BCUT2D eigenvalue weighted by Gasteiger charge is -2.23. The molecule has 1 fully saturated rings. The largest absolute Gasteiger partial charge is 0.348 e.